The van der Waals surface area contributed by atoms with Gasteiger partial charge in [0.1, 0.15) is 5.65 Å². The number of halogens is 2. The summed E-state index contributed by atoms with van der Waals surface area (Å²) < 4.78 is 2.01. The summed E-state index contributed by atoms with van der Waals surface area (Å²) in [4.78, 5) is 7.23. The van der Waals surface area contributed by atoms with Crippen molar-refractivity contribution in [1.82, 2.24) is 19.6 Å². The van der Waals surface area contributed by atoms with Gasteiger partial charge in [-0.3, -0.25) is 4.90 Å². The van der Waals surface area contributed by atoms with Gasteiger partial charge in [0.15, 0.2) is 0 Å². The van der Waals surface area contributed by atoms with Crippen LogP contribution in [0.1, 0.15) is 25.5 Å². The molecule has 3 rings (SSSR count). The Balaban J connectivity index is 0.00000161. The molecule has 1 aliphatic heterocycles. The molecule has 0 bridgehead atoms. The van der Waals surface area contributed by atoms with E-state index < -0.39 is 0 Å². The zero-order valence-electron chi connectivity index (χ0n) is 12.3. The molecule has 3 heterocycles. The number of rotatable bonds is 5. The lowest BCUT2D eigenvalue weighted by molar-refractivity contribution is 0.197. The van der Waals surface area contributed by atoms with Crippen molar-refractivity contribution in [2.45, 2.75) is 32.4 Å². The third-order valence-electron chi connectivity index (χ3n) is 3.89. The highest BCUT2D eigenvalue weighted by atomic mass is 35.5. The van der Waals surface area contributed by atoms with E-state index in [4.69, 9.17) is 11.6 Å². The maximum absolute atomic E-state index is 6.02. The minimum Gasteiger partial charge on any atom is -0.315 e. The van der Waals surface area contributed by atoms with Gasteiger partial charge in [-0.05, 0) is 38.1 Å². The first-order chi connectivity index (χ1) is 9.76. The fraction of sp³-hybridized carbons (Fsp3) is 0.533. The summed E-state index contributed by atoms with van der Waals surface area (Å²) in [5, 5.41) is 4.19. The van der Waals surface area contributed by atoms with Crippen molar-refractivity contribution in [2.75, 3.05) is 19.6 Å². The van der Waals surface area contributed by atoms with Crippen molar-refractivity contribution in [2.24, 2.45) is 0 Å². The molecule has 0 spiro atoms. The highest BCUT2D eigenvalue weighted by Crippen LogP contribution is 2.16. The van der Waals surface area contributed by atoms with Gasteiger partial charge in [-0.2, -0.15) is 0 Å². The first kappa shape index (κ1) is 16.6. The number of fused-ring (bicyclic) bond motifs is 1. The van der Waals surface area contributed by atoms with Crippen LogP contribution in [0.25, 0.3) is 5.65 Å². The van der Waals surface area contributed by atoms with Crippen molar-refractivity contribution >= 4 is 29.7 Å². The van der Waals surface area contributed by atoms with Gasteiger partial charge in [0, 0.05) is 31.5 Å². The summed E-state index contributed by atoms with van der Waals surface area (Å²) in [5.74, 6) is 0. The predicted octanol–water partition coefficient (Wildman–Crippen LogP) is 2.98. The van der Waals surface area contributed by atoms with Crippen LogP contribution in [0.5, 0.6) is 0 Å². The third-order valence-corrected chi connectivity index (χ3v) is 4.12. The van der Waals surface area contributed by atoms with Crippen molar-refractivity contribution < 1.29 is 0 Å². The molecule has 0 aromatic carbocycles. The Bertz CT molecular complexity index is 578. The number of hydrogen-bond acceptors (Lipinski definition) is 3. The van der Waals surface area contributed by atoms with E-state index in [1.807, 2.05) is 22.7 Å². The largest absolute Gasteiger partial charge is 0.315 e. The van der Waals surface area contributed by atoms with Crippen LogP contribution in [0, 0.1) is 0 Å². The van der Waals surface area contributed by atoms with Crippen LogP contribution in [0.4, 0.5) is 0 Å². The lowest BCUT2D eigenvalue weighted by Crippen LogP contribution is -2.37. The van der Waals surface area contributed by atoms with Crippen LogP contribution in [0.2, 0.25) is 5.02 Å². The van der Waals surface area contributed by atoms with E-state index in [0.29, 0.717) is 6.04 Å². The summed E-state index contributed by atoms with van der Waals surface area (Å²) in [6.45, 7) is 6.50. The molecule has 6 heteroatoms. The SMILES string of the molecule is CCCN(Cc1cn2cc(Cl)ccc2n1)C1CCNC1.Cl. The molecule has 1 saturated heterocycles. The summed E-state index contributed by atoms with van der Waals surface area (Å²) in [5.41, 5.74) is 2.08. The van der Waals surface area contributed by atoms with Crippen molar-refractivity contribution in [1.29, 1.82) is 0 Å². The average Bonchev–Trinajstić information content (AvgIpc) is 3.06. The topological polar surface area (TPSA) is 32.6 Å². The van der Waals surface area contributed by atoms with Crippen molar-refractivity contribution in [3.8, 4) is 0 Å². The van der Waals surface area contributed by atoms with Crippen molar-refractivity contribution in [3.05, 3.63) is 35.2 Å². The third kappa shape index (κ3) is 3.89. The number of nitrogens with zero attached hydrogens (tertiary/aromatic N) is 3. The van der Waals surface area contributed by atoms with Gasteiger partial charge in [-0.15, -0.1) is 12.4 Å². The molecule has 0 radical (unpaired) electrons. The molecular weight excluding hydrogens is 307 g/mol. The molecule has 1 atom stereocenters. The lowest BCUT2D eigenvalue weighted by atomic mass is 10.2. The zero-order valence-corrected chi connectivity index (χ0v) is 13.8. The normalized spacial score (nSPS) is 18.3. The van der Waals surface area contributed by atoms with Crippen LogP contribution in [0.15, 0.2) is 24.5 Å². The summed E-state index contributed by atoms with van der Waals surface area (Å²) in [6, 6.07) is 4.49. The number of nitrogens with one attached hydrogen (secondary N) is 1. The molecule has 0 saturated carbocycles. The van der Waals surface area contributed by atoms with Crippen LogP contribution >= 0.6 is 24.0 Å². The van der Waals surface area contributed by atoms with E-state index in [1.54, 1.807) is 0 Å². The van der Waals surface area contributed by atoms with E-state index in [9.17, 15) is 0 Å². The number of aromatic nitrogens is 2. The van der Waals surface area contributed by atoms with Gasteiger partial charge in [-0.1, -0.05) is 18.5 Å². The number of imidazole rings is 1. The maximum Gasteiger partial charge on any atom is 0.137 e. The molecule has 2 aromatic heterocycles. The fourth-order valence-corrected chi connectivity index (χ4v) is 3.10. The predicted molar refractivity (Wildman–Crippen MR) is 89.4 cm³/mol. The molecule has 1 N–H and O–H groups in total. The molecule has 0 amide bonds. The van der Waals surface area contributed by atoms with Gasteiger partial charge in [0.2, 0.25) is 0 Å². The van der Waals surface area contributed by atoms with Gasteiger partial charge >= 0.3 is 0 Å². The van der Waals surface area contributed by atoms with Gasteiger partial charge in [0.05, 0.1) is 10.7 Å². The second kappa shape index (κ2) is 7.45. The van der Waals surface area contributed by atoms with Crippen molar-refractivity contribution in [3.63, 3.8) is 0 Å². The monoisotopic (exact) mass is 328 g/mol. The second-order valence-electron chi connectivity index (χ2n) is 5.46. The van der Waals surface area contributed by atoms with E-state index in [2.05, 4.69) is 28.3 Å². The fourth-order valence-electron chi connectivity index (χ4n) is 2.93. The first-order valence-corrected chi connectivity index (χ1v) is 7.72. The van der Waals surface area contributed by atoms with E-state index in [-0.39, 0.29) is 12.4 Å². The molecular formula is C15H22Cl2N4. The number of pyridine rings is 1. The van der Waals surface area contributed by atoms with Crippen LogP contribution < -0.4 is 5.32 Å². The Morgan fingerprint density at radius 2 is 2.29 bits per heavy atom. The van der Waals surface area contributed by atoms with Gasteiger partial charge in [-0.25, -0.2) is 4.98 Å². The molecule has 1 aliphatic rings. The van der Waals surface area contributed by atoms with Crippen LogP contribution in [0.3, 0.4) is 0 Å². The summed E-state index contributed by atoms with van der Waals surface area (Å²) in [7, 11) is 0. The molecule has 4 nitrogen and oxygen atoms in total. The quantitative estimate of drug-likeness (QED) is 0.915. The Morgan fingerprint density at radius 3 is 3.00 bits per heavy atom. The standard InChI is InChI=1S/C15H21ClN4.ClH/c1-2-7-19(14-5-6-17-8-14)10-13-11-20-9-12(16)3-4-15(20)18-13;/h3-4,9,11,14,17H,2,5-8,10H2,1H3;1H. The minimum absolute atomic E-state index is 0. The van der Waals surface area contributed by atoms with E-state index in [0.717, 1.165) is 42.5 Å². The van der Waals surface area contributed by atoms with Gasteiger partial charge < -0.3 is 9.72 Å². The van der Waals surface area contributed by atoms with Crippen LogP contribution in [-0.4, -0.2) is 40.0 Å². The molecule has 1 fully saturated rings. The second-order valence-corrected chi connectivity index (χ2v) is 5.90. The summed E-state index contributed by atoms with van der Waals surface area (Å²) in [6.07, 6.45) is 6.41. The Kier molecular flexibility index (Phi) is 5.88. The zero-order chi connectivity index (χ0) is 13.9. The first-order valence-electron chi connectivity index (χ1n) is 7.34. The molecule has 116 valence electrons. The maximum atomic E-state index is 6.02. The Morgan fingerprint density at radius 1 is 1.43 bits per heavy atom. The Hall–Kier alpha value is -0.810. The molecule has 21 heavy (non-hydrogen) atoms. The Labute approximate surface area is 136 Å². The minimum atomic E-state index is 0. The molecule has 1 unspecified atom stereocenters. The smallest absolute Gasteiger partial charge is 0.137 e. The molecule has 0 aliphatic carbocycles. The van der Waals surface area contributed by atoms with Gasteiger partial charge in [0.25, 0.3) is 0 Å². The lowest BCUT2D eigenvalue weighted by Gasteiger charge is -2.26. The van der Waals surface area contributed by atoms with E-state index >= 15 is 0 Å². The average molecular weight is 329 g/mol. The van der Waals surface area contributed by atoms with E-state index in [1.165, 1.54) is 12.8 Å². The highest BCUT2D eigenvalue weighted by molar-refractivity contribution is 6.30. The highest BCUT2D eigenvalue weighted by Gasteiger charge is 2.22. The molecule has 2 aromatic rings. The number of hydrogen-bond donors (Lipinski definition) is 1. The van der Waals surface area contributed by atoms with Crippen LogP contribution in [-0.2, 0) is 6.54 Å². The summed E-state index contributed by atoms with van der Waals surface area (Å²) >= 11 is 6.02.